The maximum Gasteiger partial charge on any atom is 0.323 e. The number of hydrogen-bond acceptors (Lipinski definition) is 6. The number of nitrogens with one attached hydrogen (secondary N) is 1. The first-order valence-corrected chi connectivity index (χ1v) is 9.93. The van der Waals surface area contributed by atoms with E-state index in [1.54, 1.807) is 17.3 Å². The number of rotatable bonds is 4. The van der Waals surface area contributed by atoms with Crippen LogP contribution in [-0.2, 0) is 11.3 Å². The molecule has 8 nitrogen and oxygen atoms in total. The summed E-state index contributed by atoms with van der Waals surface area (Å²) >= 11 is 7.39. The molecule has 10 heteroatoms. The number of thiazole rings is 1. The topological polar surface area (TPSA) is 75.5 Å². The molecule has 26 heavy (non-hydrogen) atoms. The standard InChI is InChI=1S/C16H21ClN6O2S/c17-12-7-18-23(8-12)14-1-2-22(10-14)16(24)20-15-19-13(11-26-15)9-21-3-5-25-6-4-21/h7-8,11,14H,1-6,9-10H2,(H,19,20,24). The fourth-order valence-electron chi connectivity index (χ4n) is 3.25. The van der Waals surface area contributed by atoms with Crippen LogP contribution in [0.25, 0.3) is 0 Å². The van der Waals surface area contributed by atoms with Crippen molar-refractivity contribution < 1.29 is 9.53 Å². The van der Waals surface area contributed by atoms with Gasteiger partial charge in [-0.15, -0.1) is 11.3 Å². The van der Waals surface area contributed by atoms with E-state index in [9.17, 15) is 4.79 Å². The van der Waals surface area contributed by atoms with Gasteiger partial charge in [-0.3, -0.25) is 14.9 Å². The second-order valence-corrected chi connectivity index (χ2v) is 7.78. The third-order valence-electron chi connectivity index (χ3n) is 4.65. The van der Waals surface area contributed by atoms with E-state index in [2.05, 4.69) is 20.3 Å². The van der Waals surface area contributed by atoms with E-state index in [1.165, 1.54) is 11.3 Å². The summed E-state index contributed by atoms with van der Waals surface area (Å²) in [6.07, 6.45) is 4.29. The summed E-state index contributed by atoms with van der Waals surface area (Å²) < 4.78 is 7.19. The second-order valence-electron chi connectivity index (χ2n) is 6.49. The predicted octanol–water partition coefficient (Wildman–Crippen LogP) is 2.30. The number of nitrogens with zero attached hydrogens (tertiary/aromatic N) is 5. The van der Waals surface area contributed by atoms with Crippen molar-refractivity contribution in [3.8, 4) is 0 Å². The average molecular weight is 397 g/mol. The van der Waals surface area contributed by atoms with Crippen LogP contribution in [0.2, 0.25) is 5.02 Å². The van der Waals surface area contributed by atoms with Gasteiger partial charge in [0.1, 0.15) is 0 Å². The summed E-state index contributed by atoms with van der Waals surface area (Å²) in [5, 5.41) is 10.4. The van der Waals surface area contributed by atoms with Gasteiger partial charge in [0, 0.05) is 44.3 Å². The molecule has 0 bridgehead atoms. The minimum Gasteiger partial charge on any atom is -0.379 e. The zero-order chi connectivity index (χ0) is 17.9. The highest BCUT2D eigenvalue weighted by Gasteiger charge is 2.28. The van der Waals surface area contributed by atoms with Crippen LogP contribution in [0.5, 0.6) is 0 Å². The van der Waals surface area contributed by atoms with Gasteiger partial charge in [-0.25, -0.2) is 9.78 Å². The zero-order valence-electron chi connectivity index (χ0n) is 14.3. The second kappa shape index (κ2) is 7.91. The van der Waals surface area contributed by atoms with E-state index in [1.807, 2.05) is 10.1 Å². The molecule has 2 aromatic heterocycles. The number of urea groups is 1. The molecule has 1 unspecified atom stereocenters. The molecule has 2 aliphatic rings. The van der Waals surface area contributed by atoms with Crippen LogP contribution < -0.4 is 5.32 Å². The number of amides is 2. The average Bonchev–Trinajstić information content (AvgIpc) is 3.37. The molecule has 2 saturated heterocycles. The molecule has 0 aromatic carbocycles. The number of hydrogen-bond donors (Lipinski definition) is 1. The van der Waals surface area contributed by atoms with E-state index in [0.29, 0.717) is 23.2 Å². The summed E-state index contributed by atoms with van der Waals surface area (Å²) in [7, 11) is 0. The molecule has 0 aliphatic carbocycles. The highest BCUT2D eigenvalue weighted by Crippen LogP contribution is 2.24. The van der Waals surface area contributed by atoms with Gasteiger partial charge in [-0.05, 0) is 6.42 Å². The minimum absolute atomic E-state index is 0.113. The van der Waals surface area contributed by atoms with Crippen molar-refractivity contribution in [3.05, 3.63) is 28.5 Å². The maximum atomic E-state index is 12.5. The minimum atomic E-state index is -0.113. The highest BCUT2D eigenvalue weighted by atomic mass is 35.5. The molecule has 2 fully saturated rings. The highest BCUT2D eigenvalue weighted by molar-refractivity contribution is 7.13. The van der Waals surface area contributed by atoms with Crippen molar-refractivity contribution in [2.75, 3.05) is 44.7 Å². The van der Waals surface area contributed by atoms with Crippen LogP contribution in [0.4, 0.5) is 9.93 Å². The van der Waals surface area contributed by atoms with Gasteiger partial charge in [-0.2, -0.15) is 5.10 Å². The fraction of sp³-hybridized carbons (Fsp3) is 0.562. The molecule has 1 N–H and O–H groups in total. The quantitative estimate of drug-likeness (QED) is 0.858. The van der Waals surface area contributed by atoms with Gasteiger partial charge < -0.3 is 9.64 Å². The van der Waals surface area contributed by atoms with Crippen LogP contribution in [-0.4, -0.2) is 70.0 Å². The van der Waals surface area contributed by atoms with Crippen LogP contribution in [0.15, 0.2) is 17.8 Å². The number of carbonyl (C=O) groups is 1. The van der Waals surface area contributed by atoms with Crippen LogP contribution >= 0.6 is 22.9 Å². The molecule has 1 atom stereocenters. The van der Waals surface area contributed by atoms with E-state index >= 15 is 0 Å². The Morgan fingerprint density at radius 3 is 3.00 bits per heavy atom. The molecular weight excluding hydrogens is 376 g/mol. The molecule has 0 saturated carbocycles. The van der Waals surface area contributed by atoms with Gasteiger partial charge in [0.15, 0.2) is 5.13 Å². The van der Waals surface area contributed by atoms with Gasteiger partial charge >= 0.3 is 6.03 Å². The Morgan fingerprint density at radius 1 is 1.38 bits per heavy atom. The van der Waals surface area contributed by atoms with Crippen molar-refractivity contribution in [3.63, 3.8) is 0 Å². The summed E-state index contributed by atoms with van der Waals surface area (Å²) in [5.74, 6) is 0. The van der Waals surface area contributed by atoms with Crippen molar-refractivity contribution >= 4 is 34.1 Å². The summed E-state index contributed by atoms with van der Waals surface area (Å²) in [6, 6.07) is 0.0550. The fourth-order valence-corrected chi connectivity index (χ4v) is 4.09. The first-order valence-electron chi connectivity index (χ1n) is 8.67. The van der Waals surface area contributed by atoms with Crippen LogP contribution in [0.3, 0.4) is 0 Å². The van der Waals surface area contributed by atoms with E-state index in [4.69, 9.17) is 16.3 Å². The first-order chi connectivity index (χ1) is 12.7. The van der Waals surface area contributed by atoms with Crippen molar-refractivity contribution in [1.29, 1.82) is 0 Å². The smallest absolute Gasteiger partial charge is 0.323 e. The summed E-state index contributed by atoms with van der Waals surface area (Å²) in [6.45, 7) is 5.49. The molecule has 2 aromatic rings. The Balaban J connectivity index is 1.29. The number of likely N-dealkylation sites (tertiary alicyclic amines) is 1. The summed E-state index contributed by atoms with van der Waals surface area (Å²) in [4.78, 5) is 21.1. The molecule has 0 spiro atoms. The van der Waals surface area contributed by atoms with Gasteiger partial charge in [0.05, 0.1) is 36.2 Å². The molecular formula is C16H21ClN6O2S. The lowest BCUT2D eigenvalue weighted by Crippen LogP contribution is -2.35. The number of halogens is 1. The third kappa shape index (κ3) is 4.17. The van der Waals surface area contributed by atoms with Crippen molar-refractivity contribution in [1.82, 2.24) is 24.6 Å². The van der Waals surface area contributed by atoms with Crippen LogP contribution in [0, 0.1) is 0 Å². The Kier molecular flexibility index (Phi) is 5.39. The number of ether oxygens (including phenoxy) is 1. The third-order valence-corrected chi connectivity index (χ3v) is 5.65. The molecule has 140 valence electrons. The predicted molar refractivity (Wildman–Crippen MR) is 99.7 cm³/mol. The lowest BCUT2D eigenvalue weighted by atomic mass is 10.3. The Bertz CT molecular complexity index is 760. The Labute approximate surface area is 160 Å². The SMILES string of the molecule is O=C(Nc1nc(CN2CCOCC2)cs1)N1CCC(n2cc(Cl)cn2)C1. The molecule has 2 amide bonds. The number of aromatic nitrogens is 3. The molecule has 4 rings (SSSR count). The van der Waals surface area contributed by atoms with E-state index in [0.717, 1.165) is 45.0 Å². The maximum absolute atomic E-state index is 12.5. The van der Waals surface area contributed by atoms with Gasteiger partial charge in [-0.1, -0.05) is 11.6 Å². The van der Waals surface area contributed by atoms with Crippen molar-refractivity contribution in [2.45, 2.75) is 19.0 Å². The largest absolute Gasteiger partial charge is 0.379 e. The van der Waals surface area contributed by atoms with Crippen LogP contribution in [0.1, 0.15) is 18.2 Å². The Morgan fingerprint density at radius 2 is 2.23 bits per heavy atom. The van der Waals surface area contributed by atoms with E-state index < -0.39 is 0 Å². The molecule has 4 heterocycles. The number of carbonyl (C=O) groups excluding carboxylic acids is 1. The Hall–Kier alpha value is -1.68. The van der Waals surface area contributed by atoms with Gasteiger partial charge in [0.2, 0.25) is 0 Å². The van der Waals surface area contributed by atoms with Crippen molar-refractivity contribution in [2.24, 2.45) is 0 Å². The lowest BCUT2D eigenvalue weighted by molar-refractivity contribution is 0.0337. The van der Waals surface area contributed by atoms with E-state index in [-0.39, 0.29) is 12.1 Å². The monoisotopic (exact) mass is 396 g/mol. The normalized spacial score (nSPS) is 21.3. The van der Waals surface area contributed by atoms with Gasteiger partial charge in [0.25, 0.3) is 0 Å². The lowest BCUT2D eigenvalue weighted by Gasteiger charge is -2.25. The number of anilines is 1. The zero-order valence-corrected chi connectivity index (χ0v) is 15.9. The summed E-state index contributed by atoms with van der Waals surface area (Å²) in [5.41, 5.74) is 0.984. The first kappa shape index (κ1) is 17.7. The number of morpholine rings is 1. The molecule has 0 radical (unpaired) electrons. The molecule has 2 aliphatic heterocycles.